The highest BCUT2D eigenvalue weighted by Crippen LogP contribution is 2.34. The lowest BCUT2D eigenvalue weighted by Gasteiger charge is -2.19. The zero-order valence-electron chi connectivity index (χ0n) is 10.6. The average Bonchev–Trinajstić information content (AvgIpc) is 2.79. The summed E-state index contributed by atoms with van der Waals surface area (Å²) in [7, 11) is 1.72. The van der Waals surface area contributed by atoms with E-state index in [1.165, 1.54) is 12.1 Å². The second-order valence-electron chi connectivity index (χ2n) is 4.41. The summed E-state index contributed by atoms with van der Waals surface area (Å²) in [6.45, 7) is 4.20. The minimum Gasteiger partial charge on any atom is -0.386 e. The molecule has 100 valence electrons. The number of amides is 1. The monoisotopic (exact) mass is 261 g/mol. The van der Waals surface area contributed by atoms with Crippen LogP contribution in [0.2, 0.25) is 0 Å². The molecule has 0 bridgehead atoms. The van der Waals surface area contributed by atoms with Crippen LogP contribution in [0.5, 0.6) is 0 Å². The van der Waals surface area contributed by atoms with Crippen molar-refractivity contribution in [2.24, 2.45) is 5.92 Å². The van der Waals surface area contributed by atoms with Crippen molar-refractivity contribution in [1.82, 2.24) is 0 Å². The molecule has 0 spiro atoms. The maximum Gasteiger partial charge on any atom is 0.271 e. The van der Waals surface area contributed by atoms with Crippen molar-refractivity contribution in [1.29, 1.82) is 0 Å². The summed E-state index contributed by atoms with van der Waals surface area (Å²) in [5.41, 5.74) is 1.22. The lowest BCUT2D eigenvalue weighted by atomic mass is 10.1. The zero-order valence-corrected chi connectivity index (χ0v) is 10.6. The highest BCUT2D eigenvalue weighted by molar-refractivity contribution is 5.99. The van der Waals surface area contributed by atoms with Gasteiger partial charge in [-0.3, -0.25) is 14.9 Å². The van der Waals surface area contributed by atoms with E-state index < -0.39 is 4.92 Å². The fraction of sp³-hybridized carbons (Fsp3) is 0.308. The summed E-state index contributed by atoms with van der Waals surface area (Å²) in [6.07, 6.45) is 2.14. The molecule has 0 saturated carbocycles. The number of nitrogens with zero attached hydrogens (tertiary/aromatic N) is 2. The Morgan fingerprint density at radius 1 is 1.58 bits per heavy atom. The summed E-state index contributed by atoms with van der Waals surface area (Å²) in [5.74, 6) is 0.0540. The van der Waals surface area contributed by atoms with Gasteiger partial charge in [-0.15, -0.1) is 6.58 Å². The van der Waals surface area contributed by atoms with Gasteiger partial charge in [0.2, 0.25) is 5.91 Å². The number of benzene rings is 1. The van der Waals surface area contributed by atoms with E-state index in [9.17, 15) is 14.9 Å². The summed E-state index contributed by atoms with van der Waals surface area (Å²) >= 11 is 0. The van der Waals surface area contributed by atoms with Gasteiger partial charge in [0.15, 0.2) is 0 Å². The van der Waals surface area contributed by atoms with Crippen LogP contribution >= 0.6 is 0 Å². The molecule has 6 heteroatoms. The first-order valence-corrected chi connectivity index (χ1v) is 5.96. The summed E-state index contributed by atoms with van der Waals surface area (Å²) in [4.78, 5) is 23.9. The van der Waals surface area contributed by atoms with Crippen molar-refractivity contribution < 1.29 is 9.72 Å². The van der Waals surface area contributed by atoms with Crippen LogP contribution < -0.4 is 10.2 Å². The summed E-state index contributed by atoms with van der Waals surface area (Å²) < 4.78 is 0. The van der Waals surface area contributed by atoms with Gasteiger partial charge in [-0.2, -0.15) is 0 Å². The van der Waals surface area contributed by atoms with Gasteiger partial charge in [0, 0.05) is 38.1 Å². The van der Waals surface area contributed by atoms with E-state index in [0.29, 0.717) is 24.3 Å². The summed E-state index contributed by atoms with van der Waals surface area (Å²) in [5, 5.41) is 13.8. The first-order valence-electron chi connectivity index (χ1n) is 5.96. The Hall–Kier alpha value is -2.37. The molecule has 1 aromatic rings. The number of carbonyl (C=O) groups is 1. The van der Waals surface area contributed by atoms with Gasteiger partial charge in [0.25, 0.3) is 5.69 Å². The molecule has 6 nitrogen and oxygen atoms in total. The maximum absolute atomic E-state index is 12.0. The van der Waals surface area contributed by atoms with Crippen molar-refractivity contribution in [2.45, 2.75) is 6.42 Å². The molecule has 0 radical (unpaired) electrons. The van der Waals surface area contributed by atoms with E-state index >= 15 is 0 Å². The number of carbonyl (C=O) groups excluding carboxylic acids is 1. The Labute approximate surface area is 110 Å². The van der Waals surface area contributed by atoms with Crippen molar-refractivity contribution in [3.05, 3.63) is 41.0 Å². The van der Waals surface area contributed by atoms with Crippen LogP contribution in [0.3, 0.4) is 0 Å². The first-order chi connectivity index (χ1) is 9.06. The molecule has 1 aliphatic rings. The zero-order chi connectivity index (χ0) is 14.0. The van der Waals surface area contributed by atoms with E-state index in [0.717, 1.165) is 0 Å². The van der Waals surface area contributed by atoms with Crippen LogP contribution in [0.1, 0.15) is 6.42 Å². The van der Waals surface area contributed by atoms with Gasteiger partial charge in [-0.1, -0.05) is 6.08 Å². The van der Waals surface area contributed by atoms with Gasteiger partial charge >= 0.3 is 0 Å². The normalized spacial score (nSPS) is 18.5. The average molecular weight is 261 g/mol. The number of rotatable bonds is 4. The molecule has 0 aliphatic carbocycles. The predicted molar refractivity (Wildman–Crippen MR) is 73.3 cm³/mol. The Kier molecular flexibility index (Phi) is 3.50. The standard InChI is InChI=1S/C13H15N3O3/c1-3-9-6-13(17)15(8-9)12-7-10(16(18)19)4-5-11(12)14-2/h3-5,7,9,14H,1,6,8H2,2H3. The fourth-order valence-corrected chi connectivity index (χ4v) is 2.19. The molecule has 1 N–H and O–H groups in total. The SMILES string of the molecule is C=CC1CC(=O)N(c2cc([N+](=O)[O-])ccc2NC)C1. The maximum atomic E-state index is 12.0. The first kappa shape index (κ1) is 13.1. The molecule has 1 aromatic carbocycles. The van der Waals surface area contributed by atoms with Gasteiger partial charge < -0.3 is 10.2 Å². The van der Waals surface area contributed by atoms with E-state index in [4.69, 9.17) is 0 Å². The molecule has 2 rings (SSSR count). The van der Waals surface area contributed by atoms with Crippen molar-refractivity contribution in [3.63, 3.8) is 0 Å². The number of anilines is 2. The number of nitrogens with one attached hydrogen (secondary N) is 1. The van der Waals surface area contributed by atoms with Gasteiger partial charge in [-0.05, 0) is 6.07 Å². The quantitative estimate of drug-likeness (QED) is 0.512. The molecule has 0 aromatic heterocycles. The smallest absolute Gasteiger partial charge is 0.271 e. The molecule has 1 amide bonds. The molecule has 19 heavy (non-hydrogen) atoms. The fourth-order valence-electron chi connectivity index (χ4n) is 2.19. The topological polar surface area (TPSA) is 75.5 Å². The van der Waals surface area contributed by atoms with Gasteiger partial charge in [0.1, 0.15) is 0 Å². The second-order valence-corrected chi connectivity index (χ2v) is 4.41. The number of hydrogen-bond acceptors (Lipinski definition) is 4. The minimum absolute atomic E-state index is 0.0242. The van der Waals surface area contributed by atoms with E-state index in [-0.39, 0.29) is 17.5 Å². The molecule has 1 aliphatic heterocycles. The molecular formula is C13H15N3O3. The number of nitro benzene ring substituents is 1. The Morgan fingerprint density at radius 3 is 2.84 bits per heavy atom. The number of non-ortho nitro benzene ring substituents is 1. The van der Waals surface area contributed by atoms with Crippen LogP contribution in [-0.2, 0) is 4.79 Å². The Morgan fingerprint density at radius 2 is 2.32 bits per heavy atom. The van der Waals surface area contributed by atoms with Crippen LogP contribution in [0.15, 0.2) is 30.9 Å². The Balaban J connectivity index is 2.42. The molecule has 1 saturated heterocycles. The highest BCUT2D eigenvalue weighted by atomic mass is 16.6. The van der Waals surface area contributed by atoms with Crippen LogP contribution in [0.25, 0.3) is 0 Å². The lowest BCUT2D eigenvalue weighted by molar-refractivity contribution is -0.384. The molecule has 1 atom stereocenters. The molecule has 1 unspecified atom stereocenters. The largest absolute Gasteiger partial charge is 0.386 e. The van der Waals surface area contributed by atoms with Gasteiger partial charge in [-0.25, -0.2) is 0 Å². The predicted octanol–water partition coefficient (Wildman–Crippen LogP) is 2.18. The van der Waals surface area contributed by atoms with Crippen LogP contribution in [0, 0.1) is 16.0 Å². The minimum atomic E-state index is -0.464. The van der Waals surface area contributed by atoms with Crippen molar-refractivity contribution >= 4 is 23.0 Å². The van der Waals surface area contributed by atoms with Crippen molar-refractivity contribution in [3.8, 4) is 0 Å². The van der Waals surface area contributed by atoms with Crippen molar-refractivity contribution in [2.75, 3.05) is 23.8 Å². The molecule has 1 heterocycles. The van der Waals surface area contributed by atoms with E-state index in [1.54, 1.807) is 24.1 Å². The Bertz CT molecular complexity index is 542. The third-order valence-electron chi connectivity index (χ3n) is 3.24. The summed E-state index contributed by atoms with van der Waals surface area (Å²) in [6, 6.07) is 4.46. The van der Waals surface area contributed by atoms with Crippen LogP contribution in [-0.4, -0.2) is 24.4 Å². The molecule has 1 fully saturated rings. The van der Waals surface area contributed by atoms with E-state index in [1.807, 2.05) is 0 Å². The number of nitro groups is 1. The van der Waals surface area contributed by atoms with E-state index in [2.05, 4.69) is 11.9 Å². The second kappa shape index (κ2) is 5.09. The highest BCUT2D eigenvalue weighted by Gasteiger charge is 2.30. The number of hydrogen-bond donors (Lipinski definition) is 1. The van der Waals surface area contributed by atoms with Gasteiger partial charge in [0.05, 0.1) is 16.3 Å². The lowest BCUT2D eigenvalue weighted by Crippen LogP contribution is -2.25. The molecular weight excluding hydrogens is 246 g/mol. The third-order valence-corrected chi connectivity index (χ3v) is 3.24. The third kappa shape index (κ3) is 2.42. The van der Waals surface area contributed by atoms with Crippen LogP contribution in [0.4, 0.5) is 17.1 Å².